The van der Waals surface area contributed by atoms with Crippen LogP contribution in [0.3, 0.4) is 0 Å². The molecule has 1 aliphatic heterocycles. The van der Waals surface area contributed by atoms with Crippen molar-refractivity contribution < 1.29 is 8.42 Å². The molecule has 74 valence electrons. The summed E-state index contributed by atoms with van der Waals surface area (Å²) in [4.78, 5) is -0.908. The van der Waals surface area contributed by atoms with Crippen LogP contribution in [-0.4, -0.2) is 23.3 Å². The lowest BCUT2D eigenvalue weighted by Gasteiger charge is -2.00. The van der Waals surface area contributed by atoms with Crippen molar-refractivity contribution in [2.75, 3.05) is 0 Å². The average Bonchev–Trinajstić information content (AvgIpc) is 2.46. The molecule has 1 unspecified atom stereocenters. The summed E-state index contributed by atoms with van der Waals surface area (Å²) in [5, 5.41) is 8.09. The Morgan fingerprint density at radius 1 is 1.46 bits per heavy atom. The molecule has 1 aliphatic rings. The van der Waals surface area contributed by atoms with Crippen molar-refractivity contribution >= 4 is 52.0 Å². The van der Waals surface area contributed by atoms with E-state index in [4.69, 9.17) is 23.2 Å². The quantitative estimate of drug-likeness (QED) is 0.704. The molecule has 0 saturated carbocycles. The number of halogens is 2. The van der Waals surface area contributed by atoms with Gasteiger partial charge < -0.3 is 0 Å². The second-order valence-electron chi connectivity index (χ2n) is 2.06. The zero-order valence-electron chi connectivity index (χ0n) is 6.57. The summed E-state index contributed by atoms with van der Waals surface area (Å²) in [5.74, 6) is 0. The molecule has 0 spiro atoms. The Morgan fingerprint density at radius 2 is 2.08 bits per heavy atom. The summed E-state index contributed by atoms with van der Waals surface area (Å²) >= 11 is 11.1. The van der Waals surface area contributed by atoms with E-state index in [2.05, 4.69) is 10.2 Å². The van der Waals surface area contributed by atoms with E-state index in [1.807, 2.05) is 6.92 Å². The second-order valence-corrected chi connectivity index (χ2v) is 6.81. The maximum Gasteiger partial charge on any atom is 0.252 e. The Hall–Kier alpha value is 0.0900. The lowest BCUT2D eigenvalue weighted by molar-refractivity contribution is 0.628. The third-order valence-corrected chi connectivity index (χ3v) is 5.64. The minimum absolute atomic E-state index is 0.216. The van der Waals surface area contributed by atoms with Crippen molar-refractivity contribution in [3.05, 3.63) is 0 Å². The van der Waals surface area contributed by atoms with Crippen molar-refractivity contribution in [3.63, 3.8) is 0 Å². The summed E-state index contributed by atoms with van der Waals surface area (Å²) in [6, 6.07) is 0. The number of hydrogen-bond acceptors (Lipinski definition) is 4. The van der Waals surface area contributed by atoms with Gasteiger partial charge in [0, 0.05) is 9.45 Å². The smallest absolute Gasteiger partial charge is 0.177 e. The van der Waals surface area contributed by atoms with Crippen molar-refractivity contribution in [2.24, 2.45) is 10.2 Å². The van der Waals surface area contributed by atoms with Crippen LogP contribution in [0.15, 0.2) is 10.2 Å². The molecule has 0 aromatic carbocycles. The number of nitrogens with zero attached hydrogens (tertiary/aromatic N) is 2. The highest BCUT2D eigenvalue weighted by molar-refractivity contribution is 8.49. The summed E-state index contributed by atoms with van der Waals surface area (Å²) in [6.07, 6.45) is 0.532. The minimum atomic E-state index is -2.27. The van der Waals surface area contributed by atoms with Crippen molar-refractivity contribution in [1.82, 2.24) is 0 Å². The van der Waals surface area contributed by atoms with Crippen LogP contribution in [0.5, 0.6) is 0 Å². The fourth-order valence-corrected chi connectivity index (χ4v) is 4.64. The maximum atomic E-state index is 10.8. The lowest BCUT2D eigenvalue weighted by atomic mass is 10.5. The number of alkyl halides is 2. The van der Waals surface area contributed by atoms with Gasteiger partial charge in [0.2, 0.25) is 0 Å². The minimum Gasteiger partial charge on any atom is -0.177 e. The van der Waals surface area contributed by atoms with Crippen LogP contribution in [0.2, 0.25) is 0 Å². The van der Waals surface area contributed by atoms with Gasteiger partial charge in [-0.3, -0.25) is 0 Å². The topological polar surface area (TPSA) is 58.9 Å². The van der Waals surface area contributed by atoms with Crippen LogP contribution < -0.4 is 0 Å². The largest absolute Gasteiger partial charge is 0.252 e. The van der Waals surface area contributed by atoms with Gasteiger partial charge in [0.1, 0.15) is 10.1 Å². The number of hydrogen-bond donors (Lipinski definition) is 0. The molecular weight excluding hydrogens is 255 g/mol. The van der Waals surface area contributed by atoms with E-state index in [1.165, 1.54) is 0 Å². The molecule has 0 radical (unpaired) electrons. The van der Waals surface area contributed by atoms with E-state index in [1.54, 1.807) is 0 Å². The van der Waals surface area contributed by atoms with Crippen LogP contribution in [0.25, 0.3) is 0 Å². The third-order valence-electron chi connectivity index (χ3n) is 1.29. The van der Waals surface area contributed by atoms with Gasteiger partial charge in [0.15, 0.2) is 4.84 Å². The monoisotopic (exact) mass is 260 g/mol. The van der Waals surface area contributed by atoms with E-state index in [9.17, 15) is 8.42 Å². The summed E-state index contributed by atoms with van der Waals surface area (Å²) in [6.45, 7) is 1.81. The Bertz CT molecular complexity index is 402. The highest BCUT2D eigenvalue weighted by atomic mass is 35.5. The fraction of sp³-hybridized carbons (Fsp3) is 0.600. The molecular formula is C5H6Cl2N2O2S2. The molecule has 0 N–H and O–H groups in total. The zero-order valence-corrected chi connectivity index (χ0v) is 9.71. The molecule has 0 bridgehead atoms. The molecule has 0 aromatic heterocycles. The van der Waals surface area contributed by atoms with Gasteiger partial charge in [0.05, 0.1) is 0 Å². The highest BCUT2D eigenvalue weighted by Gasteiger charge is 2.25. The average molecular weight is 261 g/mol. The summed E-state index contributed by atoms with van der Waals surface area (Å²) < 4.78 is 21.6. The first-order chi connectivity index (χ1) is 6.07. The molecule has 8 heteroatoms. The molecule has 0 aromatic rings. The fourth-order valence-electron chi connectivity index (χ4n) is 0.775. The van der Waals surface area contributed by atoms with Gasteiger partial charge in [-0.05, 0) is 6.42 Å². The van der Waals surface area contributed by atoms with Crippen LogP contribution >= 0.6 is 23.2 Å². The van der Waals surface area contributed by atoms with Crippen LogP contribution in [0.4, 0.5) is 0 Å². The molecule has 0 fully saturated rings. The Morgan fingerprint density at radius 3 is 2.46 bits per heavy atom. The van der Waals surface area contributed by atoms with Gasteiger partial charge in [0.25, 0.3) is 9.26 Å². The van der Waals surface area contributed by atoms with Gasteiger partial charge in [-0.15, -0.1) is 10.2 Å². The lowest BCUT2D eigenvalue weighted by Crippen LogP contribution is -2.17. The third kappa shape index (κ3) is 2.31. The molecule has 0 saturated heterocycles. The zero-order chi connectivity index (χ0) is 10.0. The first-order valence-electron chi connectivity index (χ1n) is 3.34. The van der Waals surface area contributed by atoms with E-state index in [0.717, 1.165) is 0 Å². The van der Waals surface area contributed by atoms with Gasteiger partial charge in [-0.1, -0.05) is 30.1 Å². The first kappa shape index (κ1) is 11.2. The molecule has 13 heavy (non-hydrogen) atoms. The van der Waals surface area contributed by atoms with Crippen LogP contribution in [0.1, 0.15) is 13.3 Å². The SMILES string of the molecule is CCC1=NN=C(C(Cl)Cl)S1=S(=O)=O. The highest BCUT2D eigenvalue weighted by Crippen LogP contribution is 2.16. The summed E-state index contributed by atoms with van der Waals surface area (Å²) in [7, 11) is -3.41. The Labute approximate surface area is 88.8 Å². The maximum absolute atomic E-state index is 10.8. The van der Waals surface area contributed by atoms with Crippen molar-refractivity contribution in [2.45, 2.75) is 18.2 Å². The standard InChI is InChI=1S/C5H6Cl2N2O2S2/c1-2-3-8-9-5(4(6)7)12(3)13(10)11/h4H,2H2,1H3. The van der Waals surface area contributed by atoms with E-state index >= 15 is 0 Å². The molecule has 4 nitrogen and oxygen atoms in total. The van der Waals surface area contributed by atoms with Gasteiger partial charge >= 0.3 is 0 Å². The van der Waals surface area contributed by atoms with Crippen LogP contribution in [0, 0.1) is 0 Å². The van der Waals surface area contributed by atoms with E-state index in [-0.39, 0.29) is 5.04 Å². The van der Waals surface area contributed by atoms with Crippen LogP contribution in [-0.2, 0) is 18.7 Å². The predicted molar refractivity (Wildman–Crippen MR) is 56.9 cm³/mol. The first-order valence-corrected chi connectivity index (χ1v) is 7.03. The molecule has 0 amide bonds. The molecule has 1 rings (SSSR count). The molecule has 0 aliphatic carbocycles. The van der Waals surface area contributed by atoms with E-state index in [0.29, 0.717) is 11.5 Å². The molecule has 1 heterocycles. The van der Waals surface area contributed by atoms with Crippen molar-refractivity contribution in [3.8, 4) is 0 Å². The predicted octanol–water partition coefficient (Wildman–Crippen LogP) is 1.34. The number of rotatable bonds is 2. The van der Waals surface area contributed by atoms with Gasteiger partial charge in [-0.25, -0.2) is 0 Å². The second kappa shape index (κ2) is 4.54. The van der Waals surface area contributed by atoms with E-state index < -0.39 is 23.6 Å². The van der Waals surface area contributed by atoms with Crippen molar-refractivity contribution in [1.29, 1.82) is 0 Å². The summed E-state index contributed by atoms with van der Waals surface area (Å²) in [5.41, 5.74) is 0. The Balaban J connectivity index is 3.21. The normalized spacial score (nSPS) is 21.7. The molecule has 1 atom stereocenters. The van der Waals surface area contributed by atoms with Gasteiger partial charge in [-0.2, -0.15) is 8.42 Å². The Kier molecular flexibility index (Phi) is 3.90.